The van der Waals surface area contributed by atoms with Crippen molar-refractivity contribution in [3.63, 3.8) is 0 Å². The Kier molecular flexibility index (Phi) is 8.35. The molecule has 1 aromatic rings. The molecule has 2 N–H and O–H groups in total. The van der Waals surface area contributed by atoms with E-state index in [2.05, 4.69) is 10.6 Å². The van der Waals surface area contributed by atoms with E-state index in [1.54, 1.807) is 18.2 Å². The highest BCUT2D eigenvalue weighted by Crippen LogP contribution is 2.20. The van der Waals surface area contributed by atoms with E-state index in [-0.39, 0.29) is 18.3 Å². The Morgan fingerprint density at radius 1 is 1.29 bits per heavy atom. The van der Waals surface area contributed by atoms with Crippen LogP contribution >= 0.6 is 35.6 Å². The number of likely N-dealkylation sites (N-methyl/N-ethyl adjacent to an activating group) is 1. The molecule has 3 nitrogen and oxygen atoms in total. The number of nitrogens with one attached hydrogen (secondary N) is 2. The van der Waals surface area contributed by atoms with Gasteiger partial charge < -0.3 is 10.6 Å². The summed E-state index contributed by atoms with van der Waals surface area (Å²) in [6.45, 7) is 4.22. The van der Waals surface area contributed by atoms with Crippen LogP contribution in [0.5, 0.6) is 0 Å². The molecule has 0 unspecified atom stereocenters. The summed E-state index contributed by atoms with van der Waals surface area (Å²) in [5.74, 6) is -0.181. The zero-order valence-electron chi connectivity index (χ0n) is 9.43. The molecule has 96 valence electrons. The van der Waals surface area contributed by atoms with Gasteiger partial charge in [-0.3, -0.25) is 4.79 Å². The summed E-state index contributed by atoms with van der Waals surface area (Å²) < 4.78 is 0. The Morgan fingerprint density at radius 2 is 2.00 bits per heavy atom. The Hall–Kier alpha value is -0.480. The van der Waals surface area contributed by atoms with Crippen molar-refractivity contribution in [2.24, 2.45) is 0 Å². The Balaban J connectivity index is 0.00000256. The number of hydrogen-bond donors (Lipinski definition) is 2. The van der Waals surface area contributed by atoms with Gasteiger partial charge in [0.15, 0.2) is 0 Å². The van der Waals surface area contributed by atoms with Crippen LogP contribution in [-0.4, -0.2) is 25.5 Å². The third kappa shape index (κ3) is 5.59. The molecule has 1 rings (SSSR count). The lowest BCUT2D eigenvalue weighted by Crippen LogP contribution is -2.31. The summed E-state index contributed by atoms with van der Waals surface area (Å²) in [5, 5.41) is 6.77. The molecule has 0 saturated heterocycles. The minimum Gasteiger partial charge on any atom is -0.351 e. The van der Waals surface area contributed by atoms with Crippen molar-refractivity contribution < 1.29 is 4.79 Å². The minimum absolute atomic E-state index is 0. The molecule has 1 aromatic carbocycles. The highest BCUT2D eigenvalue weighted by molar-refractivity contribution is 6.36. The van der Waals surface area contributed by atoms with E-state index in [9.17, 15) is 4.79 Å². The maximum atomic E-state index is 11.7. The van der Waals surface area contributed by atoms with Crippen LogP contribution in [-0.2, 0) is 0 Å². The summed E-state index contributed by atoms with van der Waals surface area (Å²) in [7, 11) is 0. The summed E-state index contributed by atoms with van der Waals surface area (Å²) in [6, 6.07) is 4.82. The second kappa shape index (κ2) is 8.59. The number of rotatable bonds is 5. The zero-order valence-corrected chi connectivity index (χ0v) is 11.8. The quantitative estimate of drug-likeness (QED) is 0.821. The second-order valence-corrected chi connectivity index (χ2v) is 4.08. The van der Waals surface area contributed by atoms with Gasteiger partial charge in [0.05, 0.1) is 10.6 Å². The van der Waals surface area contributed by atoms with Crippen molar-refractivity contribution in [2.75, 3.05) is 19.6 Å². The lowest BCUT2D eigenvalue weighted by molar-refractivity contribution is 0.0954. The molecule has 0 aliphatic carbocycles. The molecule has 0 atom stereocenters. The van der Waals surface area contributed by atoms with Crippen molar-refractivity contribution in [3.05, 3.63) is 33.8 Å². The summed E-state index contributed by atoms with van der Waals surface area (Å²) in [6.07, 6.45) is 0. The summed E-state index contributed by atoms with van der Waals surface area (Å²) in [5.41, 5.74) is 0.447. The van der Waals surface area contributed by atoms with E-state index in [1.807, 2.05) is 6.92 Å². The molecule has 0 aliphatic rings. The van der Waals surface area contributed by atoms with E-state index in [4.69, 9.17) is 23.2 Å². The fourth-order valence-corrected chi connectivity index (χ4v) is 1.70. The molecule has 0 spiro atoms. The molecule has 0 aromatic heterocycles. The Morgan fingerprint density at radius 3 is 2.59 bits per heavy atom. The van der Waals surface area contributed by atoms with Crippen molar-refractivity contribution >= 4 is 41.5 Å². The van der Waals surface area contributed by atoms with Crippen LogP contribution < -0.4 is 10.6 Å². The van der Waals surface area contributed by atoms with Crippen LogP contribution in [0.25, 0.3) is 0 Å². The van der Waals surface area contributed by atoms with Crippen molar-refractivity contribution in [1.82, 2.24) is 10.6 Å². The molecule has 0 bridgehead atoms. The number of hydrogen-bond acceptors (Lipinski definition) is 2. The topological polar surface area (TPSA) is 41.1 Å². The molecular formula is C11H15Cl3N2O. The number of amides is 1. The Labute approximate surface area is 117 Å². The van der Waals surface area contributed by atoms with E-state index in [1.165, 1.54) is 0 Å². The zero-order chi connectivity index (χ0) is 12.0. The average Bonchev–Trinajstić information content (AvgIpc) is 2.24. The smallest absolute Gasteiger partial charge is 0.252 e. The van der Waals surface area contributed by atoms with Gasteiger partial charge in [0.25, 0.3) is 5.91 Å². The fourth-order valence-electron chi connectivity index (χ4n) is 1.21. The van der Waals surface area contributed by atoms with Gasteiger partial charge in [-0.05, 0) is 24.7 Å². The van der Waals surface area contributed by atoms with Gasteiger partial charge in [-0.2, -0.15) is 0 Å². The number of benzene rings is 1. The van der Waals surface area contributed by atoms with E-state index >= 15 is 0 Å². The fraction of sp³-hybridized carbons (Fsp3) is 0.364. The molecule has 17 heavy (non-hydrogen) atoms. The van der Waals surface area contributed by atoms with Crippen molar-refractivity contribution in [1.29, 1.82) is 0 Å². The van der Waals surface area contributed by atoms with Crippen LogP contribution in [0, 0.1) is 0 Å². The van der Waals surface area contributed by atoms with Crippen LogP contribution in [0.4, 0.5) is 0 Å². The van der Waals surface area contributed by atoms with Crippen molar-refractivity contribution in [3.8, 4) is 0 Å². The third-order valence-corrected chi connectivity index (χ3v) is 2.56. The highest BCUT2D eigenvalue weighted by Gasteiger charge is 2.09. The van der Waals surface area contributed by atoms with Gasteiger partial charge in [0, 0.05) is 18.1 Å². The van der Waals surface area contributed by atoms with Gasteiger partial charge in [0.2, 0.25) is 0 Å². The molecule has 6 heteroatoms. The summed E-state index contributed by atoms with van der Waals surface area (Å²) in [4.78, 5) is 11.7. The first kappa shape index (κ1) is 16.5. The maximum absolute atomic E-state index is 11.7. The molecule has 0 saturated carbocycles. The normalized spacial score (nSPS) is 9.59. The lowest BCUT2D eigenvalue weighted by atomic mass is 10.2. The van der Waals surface area contributed by atoms with Crippen LogP contribution in [0.2, 0.25) is 10.0 Å². The van der Waals surface area contributed by atoms with Gasteiger partial charge in [-0.15, -0.1) is 12.4 Å². The first-order valence-corrected chi connectivity index (χ1v) is 5.84. The minimum atomic E-state index is -0.181. The SMILES string of the molecule is CCNCCNC(=O)c1ccc(Cl)cc1Cl.Cl. The molecule has 0 radical (unpaired) electrons. The Bertz CT molecular complexity index is 372. The second-order valence-electron chi connectivity index (χ2n) is 3.23. The molecule has 0 fully saturated rings. The standard InChI is InChI=1S/C11H14Cl2N2O.ClH/c1-2-14-5-6-15-11(16)9-4-3-8(12)7-10(9)13;/h3-4,7,14H,2,5-6H2,1H3,(H,15,16);1H. The third-order valence-electron chi connectivity index (χ3n) is 2.01. The molecule has 1 amide bonds. The lowest BCUT2D eigenvalue weighted by Gasteiger charge is -2.07. The predicted molar refractivity (Wildman–Crippen MR) is 74.6 cm³/mol. The highest BCUT2D eigenvalue weighted by atomic mass is 35.5. The van der Waals surface area contributed by atoms with Crippen LogP contribution in [0.15, 0.2) is 18.2 Å². The van der Waals surface area contributed by atoms with Gasteiger partial charge >= 0.3 is 0 Å². The van der Waals surface area contributed by atoms with E-state index in [0.29, 0.717) is 22.2 Å². The van der Waals surface area contributed by atoms with Gasteiger partial charge in [0.1, 0.15) is 0 Å². The number of halogens is 3. The molecule has 0 heterocycles. The maximum Gasteiger partial charge on any atom is 0.252 e. The largest absolute Gasteiger partial charge is 0.351 e. The van der Waals surface area contributed by atoms with Gasteiger partial charge in [-0.1, -0.05) is 30.1 Å². The van der Waals surface area contributed by atoms with E-state index < -0.39 is 0 Å². The van der Waals surface area contributed by atoms with Crippen LogP contribution in [0.3, 0.4) is 0 Å². The monoisotopic (exact) mass is 296 g/mol. The molecule has 0 aliphatic heterocycles. The number of carbonyl (C=O) groups excluding carboxylic acids is 1. The van der Waals surface area contributed by atoms with Crippen LogP contribution in [0.1, 0.15) is 17.3 Å². The molecular weight excluding hydrogens is 282 g/mol. The van der Waals surface area contributed by atoms with Crippen molar-refractivity contribution in [2.45, 2.75) is 6.92 Å². The van der Waals surface area contributed by atoms with Gasteiger partial charge in [-0.25, -0.2) is 0 Å². The number of carbonyl (C=O) groups is 1. The predicted octanol–water partition coefficient (Wildman–Crippen LogP) is 2.75. The first-order chi connectivity index (χ1) is 7.65. The average molecular weight is 298 g/mol. The summed E-state index contributed by atoms with van der Waals surface area (Å²) >= 11 is 11.6. The van der Waals surface area contributed by atoms with E-state index in [0.717, 1.165) is 13.1 Å². The first-order valence-electron chi connectivity index (χ1n) is 5.09.